The van der Waals surface area contributed by atoms with Gasteiger partial charge in [0.15, 0.2) is 0 Å². The van der Waals surface area contributed by atoms with Gasteiger partial charge in [-0.15, -0.1) is 0 Å². The molecule has 0 aromatic heterocycles. The smallest absolute Gasteiger partial charge is 0.224 e. The number of nitriles is 1. The van der Waals surface area contributed by atoms with E-state index in [1.165, 1.54) is 0 Å². The molecule has 0 bridgehead atoms. The summed E-state index contributed by atoms with van der Waals surface area (Å²) in [7, 11) is 1.60. The molecular formula is C15H18N2O2. The van der Waals surface area contributed by atoms with Crippen molar-refractivity contribution in [2.75, 3.05) is 20.2 Å². The lowest BCUT2D eigenvalue weighted by atomic mass is 9.96. The molecule has 1 amide bonds. The maximum absolute atomic E-state index is 12.1. The van der Waals surface area contributed by atoms with E-state index in [0.717, 1.165) is 37.2 Å². The molecule has 1 heterocycles. The van der Waals surface area contributed by atoms with Gasteiger partial charge in [0.05, 0.1) is 19.1 Å². The minimum absolute atomic E-state index is 0.0832. The molecule has 4 heteroatoms. The zero-order valence-corrected chi connectivity index (χ0v) is 11.1. The highest BCUT2D eigenvalue weighted by Gasteiger charge is 2.22. The van der Waals surface area contributed by atoms with E-state index in [2.05, 4.69) is 6.07 Å². The lowest BCUT2D eigenvalue weighted by Gasteiger charge is -2.17. The van der Waals surface area contributed by atoms with Crippen molar-refractivity contribution < 1.29 is 9.53 Å². The molecule has 0 aliphatic carbocycles. The maximum atomic E-state index is 12.1. The molecule has 2 rings (SSSR count). The van der Waals surface area contributed by atoms with Crippen LogP contribution in [0.3, 0.4) is 0 Å². The summed E-state index contributed by atoms with van der Waals surface area (Å²) in [4.78, 5) is 13.9. The molecule has 4 nitrogen and oxygen atoms in total. The van der Waals surface area contributed by atoms with E-state index in [1.54, 1.807) is 7.11 Å². The van der Waals surface area contributed by atoms with Gasteiger partial charge in [-0.3, -0.25) is 4.79 Å². The van der Waals surface area contributed by atoms with Crippen molar-refractivity contribution in [3.8, 4) is 11.8 Å². The number of carbonyl (C=O) groups is 1. The van der Waals surface area contributed by atoms with E-state index in [0.29, 0.717) is 0 Å². The number of methoxy groups -OCH3 is 1. The normalized spacial score (nSPS) is 15.9. The number of carbonyl (C=O) groups excluding carboxylic acids is 1. The Kier molecular flexibility index (Phi) is 4.40. The van der Waals surface area contributed by atoms with Crippen molar-refractivity contribution in [1.82, 2.24) is 4.90 Å². The van der Waals surface area contributed by atoms with Gasteiger partial charge < -0.3 is 9.64 Å². The highest BCUT2D eigenvalue weighted by atomic mass is 16.5. The number of benzene rings is 1. The van der Waals surface area contributed by atoms with Crippen LogP contribution in [0.25, 0.3) is 0 Å². The zero-order valence-electron chi connectivity index (χ0n) is 11.1. The summed E-state index contributed by atoms with van der Waals surface area (Å²) in [6.45, 7) is 1.67. The van der Waals surface area contributed by atoms with Crippen LogP contribution in [0.5, 0.6) is 5.75 Å². The Balaban J connectivity index is 2.02. The number of amides is 1. The average Bonchev–Trinajstić information content (AvgIpc) is 2.99. The number of nitrogens with zero attached hydrogens (tertiary/aromatic N) is 2. The molecule has 1 aromatic rings. The molecule has 100 valence electrons. The molecule has 0 saturated carbocycles. The topological polar surface area (TPSA) is 53.3 Å². The number of ether oxygens (including phenoxy) is 1. The molecule has 1 saturated heterocycles. The van der Waals surface area contributed by atoms with E-state index in [9.17, 15) is 10.1 Å². The fourth-order valence-corrected chi connectivity index (χ4v) is 2.34. The van der Waals surface area contributed by atoms with E-state index in [4.69, 9.17) is 4.74 Å². The van der Waals surface area contributed by atoms with Gasteiger partial charge >= 0.3 is 0 Å². The van der Waals surface area contributed by atoms with Gasteiger partial charge in [-0.25, -0.2) is 0 Å². The minimum Gasteiger partial charge on any atom is -0.497 e. The van der Waals surface area contributed by atoms with Gasteiger partial charge in [0.1, 0.15) is 5.75 Å². The Hall–Kier alpha value is -2.02. The molecule has 1 aliphatic heterocycles. The SMILES string of the molecule is COc1ccc(C(C#N)CC(=O)N2CCCC2)cc1. The van der Waals surface area contributed by atoms with Crippen LogP contribution >= 0.6 is 0 Å². The quantitative estimate of drug-likeness (QED) is 0.832. The molecule has 19 heavy (non-hydrogen) atoms. The van der Waals surface area contributed by atoms with Crippen LogP contribution in [0.1, 0.15) is 30.7 Å². The molecule has 1 aliphatic rings. The monoisotopic (exact) mass is 258 g/mol. The summed E-state index contributed by atoms with van der Waals surface area (Å²) in [5.74, 6) is 0.463. The average molecular weight is 258 g/mol. The fraction of sp³-hybridized carbons (Fsp3) is 0.467. The van der Waals surface area contributed by atoms with Crippen molar-refractivity contribution in [1.29, 1.82) is 5.26 Å². The summed E-state index contributed by atoms with van der Waals surface area (Å²) < 4.78 is 5.09. The van der Waals surface area contributed by atoms with Gasteiger partial charge in [-0.2, -0.15) is 5.26 Å². The Morgan fingerprint density at radius 3 is 2.53 bits per heavy atom. The standard InChI is InChI=1S/C15H18N2O2/c1-19-14-6-4-12(5-7-14)13(11-16)10-15(18)17-8-2-3-9-17/h4-7,13H,2-3,8-10H2,1H3. The first-order chi connectivity index (χ1) is 9.24. The number of rotatable bonds is 4. The van der Waals surface area contributed by atoms with Gasteiger partial charge in [0.25, 0.3) is 0 Å². The lowest BCUT2D eigenvalue weighted by Crippen LogP contribution is -2.28. The Morgan fingerprint density at radius 1 is 1.37 bits per heavy atom. The summed E-state index contributed by atoms with van der Waals surface area (Å²) in [5, 5.41) is 9.25. The number of hydrogen-bond donors (Lipinski definition) is 0. The Bertz CT molecular complexity index is 470. The second-order valence-corrected chi connectivity index (χ2v) is 4.75. The van der Waals surface area contributed by atoms with E-state index in [-0.39, 0.29) is 18.2 Å². The Labute approximate surface area is 113 Å². The van der Waals surface area contributed by atoms with Crippen LogP contribution in [0.2, 0.25) is 0 Å². The van der Waals surface area contributed by atoms with Gasteiger partial charge in [-0.1, -0.05) is 12.1 Å². The third-order valence-corrected chi connectivity index (χ3v) is 3.51. The lowest BCUT2D eigenvalue weighted by molar-refractivity contribution is -0.130. The molecule has 0 N–H and O–H groups in total. The van der Waals surface area contributed by atoms with E-state index >= 15 is 0 Å². The van der Waals surface area contributed by atoms with Crippen molar-refractivity contribution in [2.45, 2.75) is 25.2 Å². The predicted molar refractivity (Wildman–Crippen MR) is 71.8 cm³/mol. The minimum atomic E-state index is -0.376. The first kappa shape index (κ1) is 13.4. The first-order valence-electron chi connectivity index (χ1n) is 6.56. The zero-order chi connectivity index (χ0) is 13.7. The third-order valence-electron chi connectivity index (χ3n) is 3.51. The molecule has 1 fully saturated rings. The second-order valence-electron chi connectivity index (χ2n) is 4.75. The molecule has 0 spiro atoms. The highest BCUT2D eigenvalue weighted by molar-refractivity contribution is 5.77. The van der Waals surface area contributed by atoms with Gasteiger partial charge in [0, 0.05) is 19.5 Å². The summed E-state index contributed by atoms with van der Waals surface area (Å²) in [5.41, 5.74) is 0.871. The molecule has 0 radical (unpaired) electrons. The van der Waals surface area contributed by atoms with Crippen molar-refractivity contribution in [2.24, 2.45) is 0 Å². The van der Waals surface area contributed by atoms with Crippen LogP contribution in [0.4, 0.5) is 0 Å². The largest absolute Gasteiger partial charge is 0.497 e. The van der Waals surface area contributed by atoms with E-state index in [1.807, 2.05) is 29.2 Å². The summed E-state index contributed by atoms with van der Waals surface area (Å²) in [6, 6.07) is 9.56. The highest BCUT2D eigenvalue weighted by Crippen LogP contribution is 2.23. The summed E-state index contributed by atoms with van der Waals surface area (Å²) >= 11 is 0. The van der Waals surface area contributed by atoms with E-state index < -0.39 is 0 Å². The molecule has 1 aromatic carbocycles. The number of hydrogen-bond acceptors (Lipinski definition) is 3. The van der Waals surface area contributed by atoms with Crippen LogP contribution in [0, 0.1) is 11.3 Å². The Morgan fingerprint density at radius 2 is 2.00 bits per heavy atom. The molecule has 1 unspecified atom stereocenters. The fourth-order valence-electron chi connectivity index (χ4n) is 2.34. The van der Waals surface area contributed by atoms with Crippen LogP contribution in [0.15, 0.2) is 24.3 Å². The number of likely N-dealkylation sites (tertiary alicyclic amines) is 1. The third kappa shape index (κ3) is 3.25. The molecule has 1 atom stereocenters. The van der Waals surface area contributed by atoms with Crippen molar-refractivity contribution in [3.63, 3.8) is 0 Å². The van der Waals surface area contributed by atoms with Crippen LogP contribution < -0.4 is 4.74 Å². The van der Waals surface area contributed by atoms with Crippen molar-refractivity contribution in [3.05, 3.63) is 29.8 Å². The summed E-state index contributed by atoms with van der Waals surface area (Å²) in [6.07, 6.45) is 2.42. The van der Waals surface area contributed by atoms with Crippen LogP contribution in [-0.2, 0) is 4.79 Å². The predicted octanol–water partition coefficient (Wildman–Crippen LogP) is 2.31. The van der Waals surface area contributed by atoms with Gasteiger partial charge in [-0.05, 0) is 30.5 Å². The molecular weight excluding hydrogens is 240 g/mol. The van der Waals surface area contributed by atoms with Gasteiger partial charge in [0.2, 0.25) is 5.91 Å². The maximum Gasteiger partial charge on any atom is 0.224 e. The van der Waals surface area contributed by atoms with Crippen LogP contribution in [-0.4, -0.2) is 31.0 Å². The van der Waals surface area contributed by atoms with Crippen molar-refractivity contribution >= 4 is 5.91 Å². The second kappa shape index (κ2) is 6.24. The first-order valence-corrected chi connectivity index (χ1v) is 6.56.